The van der Waals surface area contributed by atoms with Gasteiger partial charge in [-0.05, 0) is 62.8 Å². The third-order valence-corrected chi connectivity index (χ3v) is 9.68. The lowest BCUT2D eigenvalue weighted by Crippen LogP contribution is -2.66. The van der Waals surface area contributed by atoms with Crippen LogP contribution in [0.4, 0.5) is 0 Å². The predicted molar refractivity (Wildman–Crippen MR) is 113 cm³/mol. The molecule has 0 aromatic rings. The highest BCUT2D eigenvalue weighted by atomic mass is 16.6. The molecular weight excluding hydrogens is 382 g/mol. The number of hydrogen-bond acceptors (Lipinski definition) is 7. The molecule has 0 aromatic carbocycles. The average Bonchev–Trinajstić information content (AvgIpc) is 3.35. The summed E-state index contributed by atoms with van der Waals surface area (Å²) in [6.07, 6.45) is 7.04. The Hall–Kier alpha value is -1.47. The first-order valence-electron chi connectivity index (χ1n) is 11.7. The number of carbonyl (C=O) groups is 1. The minimum absolute atomic E-state index is 0.0955. The van der Waals surface area contributed by atoms with Crippen molar-refractivity contribution in [3.05, 3.63) is 0 Å². The number of hydrogen-bond donors (Lipinski definition) is 3. The molecule has 0 unspecified atom stereocenters. The molecule has 7 atom stereocenters. The predicted octanol–water partition coefficient (Wildman–Crippen LogP) is 2.89. The zero-order valence-corrected chi connectivity index (χ0v) is 18.2. The van der Waals surface area contributed by atoms with Crippen molar-refractivity contribution in [1.82, 2.24) is 5.32 Å². The molecule has 166 valence electrons. The van der Waals surface area contributed by atoms with E-state index in [1.807, 2.05) is 0 Å². The summed E-state index contributed by atoms with van der Waals surface area (Å²) < 4.78 is 0. The zero-order valence-electron chi connectivity index (χ0n) is 18.2. The molecule has 7 nitrogen and oxygen atoms in total. The molecule has 5 rings (SSSR count). The standard InChI is InChI=1S/C23H35N3O4/c1-21-8-6-18-16(17(21)3-4-20(21)27)11-19(25-29)23(28)12-14(5-9-22(18,23)2)26-30-15-7-10-24-13-15/h15-18,24,28-29H,3-13H2,1-2H3/b25-19+,26-14?/t15-,16-,17-,18-,21-,22+,23-/m0/s1. The maximum Gasteiger partial charge on any atom is 0.141 e. The SMILES string of the molecule is C[C@]12CC[C@H]3[C@@H](C/C(=N\O)[C@@]4(O)CC(=NO[C@H]5CCNC5)CC[C@]34C)[C@@H]1CCC2=O. The first-order valence-corrected chi connectivity index (χ1v) is 11.7. The average molecular weight is 418 g/mol. The zero-order chi connectivity index (χ0) is 21.1. The van der Waals surface area contributed by atoms with Crippen molar-refractivity contribution in [1.29, 1.82) is 0 Å². The number of carbonyl (C=O) groups excluding carboxylic acids is 1. The molecular formula is C23H35N3O4. The molecule has 5 aliphatic rings. The van der Waals surface area contributed by atoms with Gasteiger partial charge >= 0.3 is 0 Å². The van der Waals surface area contributed by atoms with Gasteiger partial charge in [-0.3, -0.25) is 4.79 Å². The van der Waals surface area contributed by atoms with E-state index in [1.54, 1.807) is 0 Å². The summed E-state index contributed by atoms with van der Waals surface area (Å²) in [4.78, 5) is 18.4. The van der Waals surface area contributed by atoms with E-state index in [0.717, 1.165) is 57.3 Å². The van der Waals surface area contributed by atoms with Crippen LogP contribution < -0.4 is 5.32 Å². The second kappa shape index (κ2) is 7.02. The van der Waals surface area contributed by atoms with Crippen LogP contribution in [0.3, 0.4) is 0 Å². The van der Waals surface area contributed by atoms with E-state index in [-0.39, 0.29) is 16.9 Å². The molecule has 1 heterocycles. The summed E-state index contributed by atoms with van der Waals surface area (Å²) >= 11 is 0. The van der Waals surface area contributed by atoms with Crippen LogP contribution in [0.1, 0.15) is 71.6 Å². The van der Waals surface area contributed by atoms with E-state index in [1.165, 1.54) is 0 Å². The van der Waals surface area contributed by atoms with Crippen LogP contribution in [-0.4, -0.2) is 52.3 Å². The van der Waals surface area contributed by atoms with Gasteiger partial charge in [0.05, 0.1) is 11.4 Å². The lowest BCUT2D eigenvalue weighted by Gasteiger charge is -2.62. The highest BCUT2D eigenvalue weighted by molar-refractivity contribution is 6.00. The summed E-state index contributed by atoms with van der Waals surface area (Å²) in [6, 6.07) is 0. The number of oxime groups is 2. The van der Waals surface area contributed by atoms with Crippen molar-refractivity contribution >= 4 is 17.2 Å². The summed E-state index contributed by atoms with van der Waals surface area (Å²) in [7, 11) is 0. The van der Waals surface area contributed by atoms with Crippen molar-refractivity contribution < 1.29 is 19.9 Å². The Balaban J connectivity index is 1.43. The van der Waals surface area contributed by atoms with Gasteiger partial charge in [-0.15, -0.1) is 0 Å². The lowest BCUT2D eigenvalue weighted by molar-refractivity contribution is -0.146. The minimum atomic E-state index is -1.20. The number of fused-ring (bicyclic) bond motifs is 5. The smallest absolute Gasteiger partial charge is 0.141 e. The van der Waals surface area contributed by atoms with Gasteiger partial charge in [0.25, 0.3) is 0 Å². The van der Waals surface area contributed by atoms with Crippen LogP contribution in [0, 0.1) is 28.6 Å². The van der Waals surface area contributed by atoms with Crippen LogP contribution in [0.15, 0.2) is 10.3 Å². The Kier molecular flexibility index (Phi) is 4.78. The molecule has 0 spiro atoms. The van der Waals surface area contributed by atoms with Gasteiger partial charge < -0.3 is 20.5 Å². The Bertz CT molecular complexity index is 791. The summed E-state index contributed by atoms with van der Waals surface area (Å²) in [5.74, 6) is 1.36. The summed E-state index contributed by atoms with van der Waals surface area (Å²) in [5.41, 5.74) is -0.479. The highest BCUT2D eigenvalue weighted by Crippen LogP contribution is 2.65. The van der Waals surface area contributed by atoms with E-state index in [4.69, 9.17) is 4.84 Å². The third kappa shape index (κ3) is 2.73. The molecule has 0 amide bonds. The summed E-state index contributed by atoms with van der Waals surface area (Å²) in [6.45, 7) is 6.07. The van der Waals surface area contributed by atoms with E-state index in [9.17, 15) is 15.1 Å². The molecule has 0 bridgehead atoms. The Morgan fingerprint density at radius 3 is 2.70 bits per heavy atom. The van der Waals surface area contributed by atoms with Gasteiger partial charge in [-0.25, -0.2) is 0 Å². The van der Waals surface area contributed by atoms with Gasteiger partial charge in [0, 0.05) is 36.6 Å². The van der Waals surface area contributed by atoms with Gasteiger partial charge in [-0.1, -0.05) is 24.2 Å². The number of nitrogens with one attached hydrogen (secondary N) is 1. The largest absolute Gasteiger partial charge is 0.411 e. The van der Waals surface area contributed by atoms with Crippen LogP contribution in [0.25, 0.3) is 0 Å². The first-order chi connectivity index (χ1) is 14.3. The fourth-order valence-corrected chi connectivity index (χ4v) is 7.72. The van der Waals surface area contributed by atoms with E-state index in [2.05, 4.69) is 29.5 Å². The van der Waals surface area contributed by atoms with Crippen molar-refractivity contribution in [3.63, 3.8) is 0 Å². The van der Waals surface area contributed by atoms with E-state index < -0.39 is 5.60 Å². The molecule has 4 aliphatic carbocycles. The highest BCUT2D eigenvalue weighted by Gasteiger charge is 2.66. The fraction of sp³-hybridized carbons (Fsp3) is 0.870. The number of aliphatic hydroxyl groups is 1. The molecule has 7 heteroatoms. The quantitative estimate of drug-likeness (QED) is 0.473. The third-order valence-electron chi connectivity index (χ3n) is 9.68. The Morgan fingerprint density at radius 1 is 1.13 bits per heavy atom. The number of nitrogens with zero attached hydrogens (tertiary/aromatic N) is 2. The van der Waals surface area contributed by atoms with Crippen LogP contribution in [0.5, 0.6) is 0 Å². The van der Waals surface area contributed by atoms with Crippen molar-refractivity contribution in [2.24, 2.45) is 38.9 Å². The van der Waals surface area contributed by atoms with Gasteiger partial charge in [0.1, 0.15) is 17.5 Å². The van der Waals surface area contributed by atoms with Gasteiger partial charge in [0.2, 0.25) is 0 Å². The van der Waals surface area contributed by atoms with Crippen LogP contribution in [-0.2, 0) is 9.63 Å². The van der Waals surface area contributed by atoms with E-state index >= 15 is 0 Å². The van der Waals surface area contributed by atoms with Gasteiger partial charge in [0.15, 0.2) is 0 Å². The second-order valence-electron chi connectivity index (χ2n) is 10.9. The minimum Gasteiger partial charge on any atom is -0.411 e. The summed E-state index contributed by atoms with van der Waals surface area (Å²) in [5, 5.41) is 33.2. The molecule has 1 aliphatic heterocycles. The molecule has 0 radical (unpaired) electrons. The van der Waals surface area contributed by atoms with Crippen molar-refractivity contribution in [2.75, 3.05) is 13.1 Å². The monoisotopic (exact) mass is 417 g/mol. The normalized spacial score (nSPS) is 51.0. The molecule has 0 aromatic heterocycles. The number of rotatable bonds is 2. The number of ketones is 1. The van der Waals surface area contributed by atoms with Crippen molar-refractivity contribution in [3.8, 4) is 0 Å². The van der Waals surface area contributed by atoms with Crippen LogP contribution in [0.2, 0.25) is 0 Å². The lowest BCUT2D eigenvalue weighted by atomic mass is 9.43. The second-order valence-corrected chi connectivity index (χ2v) is 10.9. The molecule has 4 saturated carbocycles. The van der Waals surface area contributed by atoms with Crippen molar-refractivity contribution in [2.45, 2.75) is 83.3 Å². The number of Topliss-reactive ketones (excluding diaryl/α,β-unsaturated/α-hetero) is 1. The first kappa shape index (κ1) is 20.4. The molecule has 30 heavy (non-hydrogen) atoms. The Labute approximate surface area is 178 Å². The maximum atomic E-state index is 12.6. The van der Waals surface area contributed by atoms with Gasteiger partial charge in [-0.2, -0.15) is 0 Å². The fourth-order valence-electron chi connectivity index (χ4n) is 7.72. The van der Waals surface area contributed by atoms with Crippen LogP contribution >= 0.6 is 0 Å². The van der Waals surface area contributed by atoms with E-state index in [0.29, 0.717) is 48.5 Å². The topological polar surface area (TPSA) is 104 Å². The molecule has 5 fully saturated rings. The maximum absolute atomic E-state index is 12.6. The Morgan fingerprint density at radius 2 is 1.97 bits per heavy atom. The molecule has 1 saturated heterocycles. The molecule has 3 N–H and O–H groups in total.